The molecule has 0 radical (unpaired) electrons. The number of nitrogens with zero attached hydrogens (tertiary/aromatic N) is 2. The van der Waals surface area contributed by atoms with Gasteiger partial charge in [-0.05, 0) is 64.7 Å². The van der Waals surface area contributed by atoms with Crippen molar-refractivity contribution in [2.24, 2.45) is 11.3 Å². The molecule has 0 unspecified atom stereocenters. The van der Waals surface area contributed by atoms with Crippen LogP contribution in [-0.4, -0.2) is 64.8 Å². The zero-order chi connectivity index (χ0) is 18.2. The molecule has 6 nitrogen and oxygen atoms in total. The van der Waals surface area contributed by atoms with E-state index in [2.05, 4.69) is 0 Å². The number of rotatable bonds is 1. The molecule has 3 rings (SSSR count). The molecule has 0 atom stereocenters. The van der Waals surface area contributed by atoms with E-state index in [1.165, 1.54) is 0 Å². The number of carbonyl (C=O) groups excluding carboxylic acids is 2. The van der Waals surface area contributed by atoms with Crippen LogP contribution in [0, 0.1) is 11.3 Å². The average molecular weight is 352 g/mol. The van der Waals surface area contributed by atoms with Gasteiger partial charge in [0.05, 0.1) is 6.10 Å². The highest BCUT2D eigenvalue weighted by Gasteiger charge is 2.50. The summed E-state index contributed by atoms with van der Waals surface area (Å²) in [5, 5.41) is 9.58. The number of amides is 2. The largest absolute Gasteiger partial charge is 0.444 e. The van der Waals surface area contributed by atoms with Crippen molar-refractivity contribution in [3.05, 3.63) is 0 Å². The summed E-state index contributed by atoms with van der Waals surface area (Å²) < 4.78 is 5.45. The van der Waals surface area contributed by atoms with Gasteiger partial charge in [-0.3, -0.25) is 4.79 Å². The van der Waals surface area contributed by atoms with Crippen LogP contribution in [0.3, 0.4) is 0 Å². The van der Waals surface area contributed by atoms with Gasteiger partial charge < -0.3 is 19.6 Å². The van der Waals surface area contributed by atoms with E-state index in [4.69, 9.17) is 4.74 Å². The summed E-state index contributed by atoms with van der Waals surface area (Å²) in [5.41, 5.74) is -0.212. The van der Waals surface area contributed by atoms with Crippen molar-refractivity contribution < 1.29 is 19.4 Å². The summed E-state index contributed by atoms with van der Waals surface area (Å²) in [4.78, 5) is 28.5. The van der Waals surface area contributed by atoms with E-state index in [0.717, 1.165) is 38.8 Å². The minimum Gasteiger partial charge on any atom is -0.444 e. The molecule has 25 heavy (non-hydrogen) atoms. The first-order valence-corrected chi connectivity index (χ1v) is 9.62. The fourth-order valence-corrected chi connectivity index (χ4v) is 4.40. The molecule has 142 valence electrons. The molecule has 0 bridgehead atoms. The monoisotopic (exact) mass is 352 g/mol. The highest BCUT2D eigenvalue weighted by Crippen LogP contribution is 2.53. The Morgan fingerprint density at radius 2 is 1.56 bits per heavy atom. The Morgan fingerprint density at radius 3 is 2.08 bits per heavy atom. The Kier molecular flexibility index (Phi) is 5.02. The van der Waals surface area contributed by atoms with Crippen molar-refractivity contribution in [1.82, 2.24) is 9.80 Å². The molecule has 0 aromatic carbocycles. The van der Waals surface area contributed by atoms with Crippen LogP contribution in [0.2, 0.25) is 0 Å². The Labute approximate surface area is 150 Å². The standard InChI is InChI=1S/C19H32N2O4/c1-18(2,3)25-17(24)21-10-6-19(7-11-21)12-14(13-19)16(23)20-8-4-15(22)5-9-20/h14-15,22H,4-13H2,1-3H3. The number of aliphatic hydroxyl groups is 1. The van der Waals surface area contributed by atoms with Gasteiger partial charge in [0.1, 0.15) is 5.60 Å². The Balaban J connectivity index is 1.44. The van der Waals surface area contributed by atoms with E-state index in [0.29, 0.717) is 25.9 Å². The first-order valence-electron chi connectivity index (χ1n) is 9.62. The zero-order valence-corrected chi connectivity index (χ0v) is 15.8. The molecule has 3 fully saturated rings. The number of piperidine rings is 2. The molecule has 2 amide bonds. The van der Waals surface area contributed by atoms with Crippen LogP contribution in [0.1, 0.15) is 59.3 Å². The van der Waals surface area contributed by atoms with Gasteiger partial charge in [0.25, 0.3) is 0 Å². The fourth-order valence-electron chi connectivity index (χ4n) is 4.40. The molecule has 1 N–H and O–H groups in total. The molecule has 1 spiro atoms. The van der Waals surface area contributed by atoms with E-state index in [1.54, 1.807) is 4.90 Å². The Morgan fingerprint density at radius 1 is 1.00 bits per heavy atom. The lowest BCUT2D eigenvalue weighted by atomic mass is 9.57. The third-order valence-corrected chi connectivity index (χ3v) is 5.96. The van der Waals surface area contributed by atoms with E-state index >= 15 is 0 Å². The Bertz CT molecular complexity index is 504. The summed E-state index contributed by atoms with van der Waals surface area (Å²) in [5.74, 6) is 0.412. The quantitative estimate of drug-likeness (QED) is 0.787. The van der Waals surface area contributed by atoms with Crippen molar-refractivity contribution in [2.75, 3.05) is 26.2 Å². The third kappa shape index (κ3) is 4.27. The number of likely N-dealkylation sites (tertiary alicyclic amines) is 2. The van der Waals surface area contributed by atoms with Crippen LogP contribution in [0.4, 0.5) is 4.79 Å². The van der Waals surface area contributed by atoms with Crippen LogP contribution < -0.4 is 0 Å². The van der Waals surface area contributed by atoms with Gasteiger partial charge in [-0.2, -0.15) is 0 Å². The minimum atomic E-state index is -0.456. The van der Waals surface area contributed by atoms with Crippen LogP contribution in [0.5, 0.6) is 0 Å². The third-order valence-electron chi connectivity index (χ3n) is 5.96. The van der Waals surface area contributed by atoms with Gasteiger partial charge in [-0.15, -0.1) is 0 Å². The second-order valence-electron chi connectivity index (χ2n) is 9.13. The van der Waals surface area contributed by atoms with Crippen molar-refractivity contribution in [3.8, 4) is 0 Å². The second-order valence-corrected chi connectivity index (χ2v) is 9.13. The molecule has 2 saturated heterocycles. The lowest BCUT2D eigenvalue weighted by Gasteiger charge is -2.52. The number of carbonyl (C=O) groups is 2. The lowest BCUT2D eigenvalue weighted by molar-refractivity contribution is -0.147. The van der Waals surface area contributed by atoms with Gasteiger partial charge >= 0.3 is 6.09 Å². The summed E-state index contributed by atoms with van der Waals surface area (Å²) in [7, 11) is 0. The highest BCUT2D eigenvalue weighted by molar-refractivity contribution is 5.80. The molecule has 0 aromatic heterocycles. The van der Waals surface area contributed by atoms with Crippen LogP contribution in [0.15, 0.2) is 0 Å². The second kappa shape index (κ2) is 6.78. The maximum atomic E-state index is 12.6. The van der Waals surface area contributed by atoms with Crippen molar-refractivity contribution in [1.29, 1.82) is 0 Å². The lowest BCUT2D eigenvalue weighted by Crippen LogP contribution is -2.54. The van der Waals surface area contributed by atoms with E-state index in [-0.39, 0.29) is 29.4 Å². The number of aliphatic hydroxyl groups excluding tert-OH is 1. The predicted molar refractivity (Wildman–Crippen MR) is 94.0 cm³/mol. The molecule has 0 aromatic rings. The van der Waals surface area contributed by atoms with Gasteiger partial charge in [0, 0.05) is 32.1 Å². The van der Waals surface area contributed by atoms with Crippen LogP contribution >= 0.6 is 0 Å². The highest BCUT2D eigenvalue weighted by atomic mass is 16.6. The maximum Gasteiger partial charge on any atom is 0.410 e. The van der Waals surface area contributed by atoms with Crippen molar-refractivity contribution in [3.63, 3.8) is 0 Å². The molecular weight excluding hydrogens is 320 g/mol. The molecule has 3 aliphatic rings. The number of hydrogen-bond acceptors (Lipinski definition) is 4. The average Bonchev–Trinajstić information content (AvgIpc) is 2.51. The topological polar surface area (TPSA) is 70.1 Å². The first kappa shape index (κ1) is 18.5. The van der Waals surface area contributed by atoms with Crippen LogP contribution in [0.25, 0.3) is 0 Å². The van der Waals surface area contributed by atoms with Gasteiger partial charge in [-0.1, -0.05) is 0 Å². The fraction of sp³-hybridized carbons (Fsp3) is 0.895. The molecule has 2 heterocycles. The van der Waals surface area contributed by atoms with Crippen molar-refractivity contribution in [2.45, 2.75) is 71.0 Å². The van der Waals surface area contributed by atoms with E-state index < -0.39 is 5.60 Å². The summed E-state index contributed by atoms with van der Waals surface area (Å²) in [6, 6.07) is 0. The smallest absolute Gasteiger partial charge is 0.410 e. The van der Waals surface area contributed by atoms with Gasteiger partial charge in [-0.25, -0.2) is 4.79 Å². The molecule has 2 aliphatic heterocycles. The van der Waals surface area contributed by atoms with Crippen LogP contribution in [-0.2, 0) is 9.53 Å². The summed E-state index contributed by atoms with van der Waals surface area (Å²) in [6.45, 7) is 8.50. The number of ether oxygens (including phenoxy) is 1. The first-order chi connectivity index (χ1) is 11.7. The summed E-state index contributed by atoms with van der Waals surface area (Å²) in [6.07, 6.45) is 4.78. The van der Waals surface area contributed by atoms with Crippen molar-refractivity contribution >= 4 is 12.0 Å². The van der Waals surface area contributed by atoms with Gasteiger partial charge in [0.15, 0.2) is 0 Å². The Hall–Kier alpha value is -1.30. The van der Waals surface area contributed by atoms with E-state index in [1.807, 2.05) is 25.7 Å². The summed E-state index contributed by atoms with van der Waals surface area (Å²) >= 11 is 0. The minimum absolute atomic E-state index is 0.142. The molecule has 6 heteroatoms. The number of hydrogen-bond donors (Lipinski definition) is 1. The predicted octanol–water partition coefficient (Wildman–Crippen LogP) is 2.40. The SMILES string of the molecule is CC(C)(C)OC(=O)N1CCC2(CC1)CC(C(=O)N1CCC(O)CC1)C2. The van der Waals surface area contributed by atoms with Gasteiger partial charge in [0.2, 0.25) is 5.91 Å². The normalized spacial score (nSPS) is 25.0. The van der Waals surface area contributed by atoms with E-state index in [9.17, 15) is 14.7 Å². The zero-order valence-electron chi connectivity index (χ0n) is 15.8. The molecule has 1 saturated carbocycles. The molecule has 1 aliphatic carbocycles. The molecular formula is C19H32N2O4. The maximum absolute atomic E-state index is 12.6.